The van der Waals surface area contributed by atoms with E-state index < -0.39 is 11.0 Å². The number of hydrogen-bond acceptors (Lipinski definition) is 2. The summed E-state index contributed by atoms with van der Waals surface area (Å²) in [6.07, 6.45) is 4.43. The molecule has 3 rings (SSSR count). The third-order valence-corrected chi connectivity index (χ3v) is 4.67. The van der Waals surface area contributed by atoms with Gasteiger partial charge in [0.2, 0.25) is 5.91 Å². The second kappa shape index (κ2) is 4.80. The lowest BCUT2D eigenvalue weighted by Crippen LogP contribution is -2.46. The topological polar surface area (TPSA) is 40.5 Å². The van der Waals surface area contributed by atoms with Crippen LogP contribution in [0, 0.1) is 5.82 Å². The number of hydrogen-bond donors (Lipinski definition) is 1. The molecule has 2 aliphatic rings. The number of carbonyl (C=O) groups is 1. The van der Waals surface area contributed by atoms with Crippen molar-refractivity contribution in [1.82, 2.24) is 0 Å². The van der Waals surface area contributed by atoms with Gasteiger partial charge >= 0.3 is 0 Å². The summed E-state index contributed by atoms with van der Waals surface area (Å²) in [4.78, 5) is 14.6. The Morgan fingerprint density at radius 1 is 1.29 bits per heavy atom. The lowest BCUT2D eigenvalue weighted by atomic mass is 9.70. The first kappa shape index (κ1) is 14.5. The van der Waals surface area contributed by atoms with Gasteiger partial charge in [-0.3, -0.25) is 4.79 Å². The van der Waals surface area contributed by atoms with Crippen molar-refractivity contribution in [2.75, 3.05) is 11.4 Å². The van der Waals surface area contributed by atoms with Crippen LogP contribution in [0.4, 0.5) is 10.1 Å². The Labute approximate surface area is 124 Å². The number of aliphatic hydroxyl groups is 1. The molecule has 1 aromatic rings. The van der Waals surface area contributed by atoms with Crippen molar-refractivity contribution in [3.05, 3.63) is 29.6 Å². The van der Waals surface area contributed by atoms with Crippen molar-refractivity contribution in [2.24, 2.45) is 0 Å². The zero-order chi connectivity index (χ0) is 15.3. The zero-order valence-corrected chi connectivity index (χ0v) is 12.7. The molecule has 1 amide bonds. The summed E-state index contributed by atoms with van der Waals surface area (Å²) in [6.45, 7) is 3.54. The molecule has 0 radical (unpaired) electrons. The number of nitrogens with zero attached hydrogens (tertiary/aromatic N) is 1. The molecule has 1 fully saturated rings. The predicted molar refractivity (Wildman–Crippen MR) is 79.8 cm³/mol. The Morgan fingerprint density at radius 2 is 1.95 bits per heavy atom. The minimum absolute atomic E-state index is 0.0376. The molecule has 1 N–H and O–H groups in total. The van der Waals surface area contributed by atoms with Crippen LogP contribution in [0.5, 0.6) is 0 Å². The van der Waals surface area contributed by atoms with Gasteiger partial charge in [0.05, 0.1) is 23.2 Å². The highest BCUT2D eigenvalue weighted by Gasteiger charge is 2.53. The number of β-amino-alcohol motifs (C(OH)–C–C–N with tert-alkyl or cyclic N) is 1. The van der Waals surface area contributed by atoms with E-state index in [-0.39, 0.29) is 18.3 Å². The first-order valence-corrected chi connectivity index (χ1v) is 7.68. The fourth-order valence-corrected chi connectivity index (χ4v) is 3.85. The molecule has 1 heterocycles. The molecule has 1 aromatic carbocycles. The number of anilines is 1. The van der Waals surface area contributed by atoms with Crippen LogP contribution < -0.4 is 4.90 Å². The molecular formula is C17H22FNO2. The maximum Gasteiger partial charge on any atom is 0.237 e. The van der Waals surface area contributed by atoms with Crippen LogP contribution in [0.25, 0.3) is 0 Å². The molecule has 0 aromatic heterocycles. The van der Waals surface area contributed by atoms with Crippen LogP contribution in [-0.2, 0) is 10.2 Å². The van der Waals surface area contributed by atoms with Crippen molar-refractivity contribution in [3.8, 4) is 0 Å². The predicted octanol–water partition coefficient (Wildman–Crippen LogP) is 3.15. The van der Waals surface area contributed by atoms with Crippen molar-refractivity contribution in [1.29, 1.82) is 0 Å². The Kier molecular flexibility index (Phi) is 3.32. The fraction of sp³-hybridized carbons (Fsp3) is 0.588. The third kappa shape index (κ3) is 2.26. The van der Waals surface area contributed by atoms with Gasteiger partial charge in [-0.15, -0.1) is 0 Å². The van der Waals surface area contributed by atoms with Crippen molar-refractivity contribution < 1.29 is 14.3 Å². The van der Waals surface area contributed by atoms with Gasteiger partial charge in [0, 0.05) is 5.56 Å². The van der Waals surface area contributed by atoms with E-state index in [2.05, 4.69) is 0 Å². The SMILES string of the molecule is CC(C)(O)CN1C(=O)C2(CCCCC2)c2c(F)cccc21. The monoisotopic (exact) mass is 291 g/mol. The number of rotatable bonds is 2. The maximum atomic E-state index is 14.5. The normalized spacial score (nSPS) is 21.0. The molecule has 114 valence electrons. The molecule has 0 bridgehead atoms. The van der Waals surface area contributed by atoms with Crippen LogP contribution in [-0.4, -0.2) is 23.2 Å². The number of benzene rings is 1. The first-order valence-electron chi connectivity index (χ1n) is 7.68. The van der Waals surface area contributed by atoms with E-state index in [4.69, 9.17) is 0 Å². The van der Waals surface area contributed by atoms with E-state index in [0.717, 1.165) is 19.3 Å². The number of amides is 1. The van der Waals surface area contributed by atoms with E-state index in [1.165, 1.54) is 6.07 Å². The summed E-state index contributed by atoms with van der Waals surface area (Å²) in [5.74, 6) is -0.328. The molecule has 1 saturated carbocycles. The summed E-state index contributed by atoms with van der Waals surface area (Å²) >= 11 is 0. The fourth-order valence-electron chi connectivity index (χ4n) is 3.85. The van der Waals surface area contributed by atoms with Crippen LogP contribution in [0.1, 0.15) is 51.5 Å². The second-order valence-corrected chi connectivity index (χ2v) is 6.98. The van der Waals surface area contributed by atoms with Crippen molar-refractivity contribution in [3.63, 3.8) is 0 Å². The highest BCUT2D eigenvalue weighted by molar-refractivity contribution is 6.08. The molecule has 4 heteroatoms. The summed E-state index contributed by atoms with van der Waals surface area (Å²) in [6, 6.07) is 4.88. The van der Waals surface area contributed by atoms with Crippen LogP contribution in [0.3, 0.4) is 0 Å². The van der Waals surface area contributed by atoms with Gasteiger partial charge in [-0.05, 0) is 38.8 Å². The second-order valence-electron chi connectivity index (χ2n) is 6.98. The standard InChI is InChI=1S/C17H22FNO2/c1-16(2,21)11-19-13-8-6-7-12(18)14(13)17(15(19)20)9-4-3-5-10-17/h6-8,21H,3-5,9-11H2,1-2H3. The number of fused-ring (bicyclic) bond motifs is 2. The zero-order valence-electron chi connectivity index (χ0n) is 12.7. The van der Waals surface area contributed by atoms with Crippen molar-refractivity contribution in [2.45, 2.75) is 57.0 Å². The summed E-state index contributed by atoms with van der Waals surface area (Å²) in [5.41, 5.74) is -0.508. The highest BCUT2D eigenvalue weighted by atomic mass is 19.1. The smallest absolute Gasteiger partial charge is 0.237 e. The van der Waals surface area contributed by atoms with E-state index in [9.17, 15) is 14.3 Å². The lowest BCUT2D eigenvalue weighted by molar-refractivity contribution is -0.125. The molecule has 0 unspecified atom stereocenters. The Hall–Kier alpha value is -1.42. The maximum absolute atomic E-state index is 14.5. The van der Waals surface area contributed by atoms with E-state index in [0.29, 0.717) is 24.1 Å². The molecule has 1 aliphatic heterocycles. The van der Waals surface area contributed by atoms with E-state index in [1.807, 2.05) is 0 Å². The largest absolute Gasteiger partial charge is 0.389 e. The minimum atomic E-state index is -1.00. The van der Waals surface area contributed by atoms with Gasteiger partial charge in [-0.1, -0.05) is 25.3 Å². The summed E-state index contributed by atoms with van der Waals surface area (Å²) in [5, 5.41) is 10.1. The molecule has 0 saturated heterocycles. The summed E-state index contributed by atoms with van der Waals surface area (Å²) < 4.78 is 14.5. The van der Waals surface area contributed by atoms with Gasteiger partial charge in [-0.2, -0.15) is 0 Å². The average Bonchev–Trinajstić information content (AvgIpc) is 2.63. The molecule has 0 atom stereocenters. The molecular weight excluding hydrogens is 269 g/mol. The lowest BCUT2D eigenvalue weighted by Gasteiger charge is -2.33. The minimum Gasteiger partial charge on any atom is -0.389 e. The molecule has 21 heavy (non-hydrogen) atoms. The average molecular weight is 291 g/mol. The van der Waals surface area contributed by atoms with Gasteiger partial charge in [0.15, 0.2) is 0 Å². The quantitative estimate of drug-likeness (QED) is 0.909. The van der Waals surface area contributed by atoms with Gasteiger partial charge in [0.25, 0.3) is 0 Å². The Morgan fingerprint density at radius 3 is 2.57 bits per heavy atom. The van der Waals surface area contributed by atoms with Crippen molar-refractivity contribution >= 4 is 11.6 Å². The summed E-state index contributed by atoms with van der Waals surface area (Å²) in [7, 11) is 0. The molecule has 1 aliphatic carbocycles. The Bertz CT molecular complexity index is 571. The first-order chi connectivity index (χ1) is 9.85. The molecule has 3 nitrogen and oxygen atoms in total. The highest BCUT2D eigenvalue weighted by Crippen LogP contribution is 2.51. The third-order valence-electron chi connectivity index (χ3n) is 4.67. The van der Waals surface area contributed by atoms with Crippen LogP contribution in [0.2, 0.25) is 0 Å². The Balaban J connectivity index is 2.12. The van der Waals surface area contributed by atoms with Crippen LogP contribution in [0.15, 0.2) is 18.2 Å². The van der Waals surface area contributed by atoms with Gasteiger partial charge in [-0.25, -0.2) is 4.39 Å². The van der Waals surface area contributed by atoms with E-state index in [1.54, 1.807) is 30.9 Å². The van der Waals surface area contributed by atoms with Gasteiger partial charge in [0.1, 0.15) is 5.82 Å². The number of carbonyl (C=O) groups excluding carboxylic acids is 1. The van der Waals surface area contributed by atoms with Crippen LogP contribution >= 0.6 is 0 Å². The number of halogens is 1. The van der Waals surface area contributed by atoms with Gasteiger partial charge < -0.3 is 10.0 Å². The molecule has 1 spiro atoms. The van der Waals surface area contributed by atoms with E-state index >= 15 is 0 Å².